The maximum Gasteiger partial charge on any atom is 0.314 e. The van der Waals surface area contributed by atoms with Gasteiger partial charge in [0.15, 0.2) is 6.79 Å². The van der Waals surface area contributed by atoms with E-state index in [1.54, 1.807) is 0 Å². The molecule has 6 nitrogen and oxygen atoms in total. The highest BCUT2D eigenvalue weighted by atomic mass is 16.7. The van der Waals surface area contributed by atoms with E-state index in [-0.39, 0.29) is 24.6 Å². The number of carbonyl (C=O) groups excluding carboxylic acids is 1. The molecule has 0 bridgehead atoms. The molecule has 3 atom stereocenters. The molecule has 3 unspecified atom stereocenters. The van der Waals surface area contributed by atoms with Crippen LogP contribution >= 0.6 is 0 Å². The summed E-state index contributed by atoms with van der Waals surface area (Å²) in [5.41, 5.74) is 4.89. The monoisotopic (exact) mass is 546 g/mol. The Morgan fingerprint density at radius 2 is 1.32 bits per heavy atom. The predicted molar refractivity (Wildman–Crippen MR) is 152 cm³/mol. The number of hydrogen-bond acceptors (Lipinski definition) is 6. The first-order valence-electron chi connectivity index (χ1n) is 15.6. The first-order chi connectivity index (χ1) is 19.6. The first kappa shape index (κ1) is 26.5. The van der Waals surface area contributed by atoms with Crippen molar-refractivity contribution in [1.29, 1.82) is 0 Å². The molecular formula is C34H42O6. The predicted octanol–water partition coefficient (Wildman–Crippen LogP) is 7.02. The van der Waals surface area contributed by atoms with E-state index >= 15 is 0 Å². The molecule has 0 N–H and O–H groups in total. The van der Waals surface area contributed by atoms with Crippen LogP contribution in [0.4, 0.5) is 0 Å². The van der Waals surface area contributed by atoms with Crippen molar-refractivity contribution in [3.05, 3.63) is 47.5 Å². The third-order valence-electron chi connectivity index (χ3n) is 9.99. The van der Waals surface area contributed by atoms with Crippen molar-refractivity contribution in [3.63, 3.8) is 0 Å². The minimum Gasteiger partial charge on any atom is -0.468 e. The van der Waals surface area contributed by atoms with Gasteiger partial charge in [0.05, 0.1) is 37.4 Å². The quantitative estimate of drug-likeness (QED) is 0.138. The summed E-state index contributed by atoms with van der Waals surface area (Å²) in [6.07, 6.45) is 12.4. The first-order valence-corrected chi connectivity index (χ1v) is 15.6. The van der Waals surface area contributed by atoms with Crippen LogP contribution in [-0.2, 0) is 19.0 Å². The molecule has 2 aliphatic heterocycles. The molecule has 0 spiro atoms. The third kappa shape index (κ3) is 6.09. The van der Waals surface area contributed by atoms with Gasteiger partial charge in [0.1, 0.15) is 11.5 Å². The van der Waals surface area contributed by atoms with Gasteiger partial charge < -0.3 is 23.7 Å². The molecule has 40 heavy (non-hydrogen) atoms. The lowest BCUT2D eigenvalue weighted by Gasteiger charge is -2.28. The minimum absolute atomic E-state index is 0.00792. The average molecular weight is 547 g/mol. The molecule has 4 fully saturated rings. The van der Waals surface area contributed by atoms with Gasteiger partial charge in [0, 0.05) is 5.92 Å². The van der Waals surface area contributed by atoms with Crippen LogP contribution in [0.1, 0.15) is 88.2 Å². The standard InChI is InChI=1S/C34H42O6/c1-21-32-16-26(39-20-38-25-8-4-23(5-9-25)15-29-19-37-29)10-12-30(32)31-13-11-27(17-33(21)31)40-34(35)24-6-2-22(3-7-24)14-28-18-36-28/h10-13,16-17,21-25,28-29H,2-9,14-15,18-20H2,1H3. The Bertz CT molecular complexity index is 1200. The number of benzene rings is 2. The SMILES string of the molecule is CC1c2cc(OCOC3CCC(CC4CO4)CC3)ccc2-c2ccc(OC(=O)C3CCC(CC4CO4)CC3)cc21. The van der Waals surface area contributed by atoms with Gasteiger partial charge in [0.25, 0.3) is 0 Å². The van der Waals surface area contributed by atoms with Crippen LogP contribution in [0, 0.1) is 17.8 Å². The molecule has 7 rings (SSSR count). The number of fused-ring (bicyclic) bond motifs is 3. The lowest BCUT2D eigenvalue weighted by atomic mass is 9.80. The lowest BCUT2D eigenvalue weighted by molar-refractivity contribution is -0.140. The second kappa shape index (κ2) is 11.5. The summed E-state index contributed by atoms with van der Waals surface area (Å²) in [5.74, 6) is 3.13. The third-order valence-corrected chi connectivity index (χ3v) is 9.99. The zero-order valence-corrected chi connectivity index (χ0v) is 23.6. The molecule has 2 saturated heterocycles. The molecule has 3 aliphatic carbocycles. The summed E-state index contributed by atoms with van der Waals surface area (Å²) in [6.45, 7) is 4.38. The summed E-state index contributed by atoms with van der Waals surface area (Å²) >= 11 is 0. The van der Waals surface area contributed by atoms with Crippen LogP contribution in [0.5, 0.6) is 11.5 Å². The van der Waals surface area contributed by atoms with E-state index in [4.69, 9.17) is 23.7 Å². The summed E-state index contributed by atoms with van der Waals surface area (Å²) in [6, 6.07) is 12.4. The summed E-state index contributed by atoms with van der Waals surface area (Å²) in [4.78, 5) is 12.9. The van der Waals surface area contributed by atoms with Gasteiger partial charge in [0.2, 0.25) is 0 Å². The van der Waals surface area contributed by atoms with Crippen LogP contribution in [0.2, 0.25) is 0 Å². The molecule has 0 aromatic heterocycles. The normalized spacial score (nSPS) is 32.2. The van der Waals surface area contributed by atoms with Gasteiger partial charge in [-0.3, -0.25) is 4.79 Å². The van der Waals surface area contributed by atoms with Crippen molar-refractivity contribution in [2.24, 2.45) is 17.8 Å². The average Bonchev–Trinajstić information content (AvgIpc) is 3.92. The zero-order chi connectivity index (χ0) is 27.1. The van der Waals surface area contributed by atoms with E-state index in [0.717, 1.165) is 69.8 Å². The molecule has 0 amide bonds. The zero-order valence-electron chi connectivity index (χ0n) is 23.6. The largest absolute Gasteiger partial charge is 0.468 e. The van der Waals surface area contributed by atoms with Gasteiger partial charge >= 0.3 is 5.97 Å². The van der Waals surface area contributed by atoms with Crippen LogP contribution in [0.3, 0.4) is 0 Å². The molecule has 0 radical (unpaired) electrons. The lowest BCUT2D eigenvalue weighted by Crippen LogP contribution is -2.26. The second-order valence-corrected chi connectivity index (χ2v) is 12.8. The molecule has 2 heterocycles. The van der Waals surface area contributed by atoms with Gasteiger partial charge in [-0.15, -0.1) is 0 Å². The van der Waals surface area contributed by atoms with Gasteiger partial charge in [-0.2, -0.15) is 0 Å². The van der Waals surface area contributed by atoms with Crippen LogP contribution in [0.25, 0.3) is 11.1 Å². The van der Waals surface area contributed by atoms with Crippen molar-refractivity contribution in [2.75, 3.05) is 20.0 Å². The number of esters is 1. The van der Waals surface area contributed by atoms with Crippen LogP contribution in [-0.4, -0.2) is 44.3 Å². The maximum atomic E-state index is 12.9. The highest BCUT2D eigenvalue weighted by Crippen LogP contribution is 2.47. The van der Waals surface area contributed by atoms with Gasteiger partial charge in [-0.05, 0) is 123 Å². The van der Waals surface area contributed by atoms with E-state index < -0.39 is 0 Å². The molecule has 2 saturated carbocycles. The van der Waals surface area contributed by atoms with Gasteiger partial charge in [-0.1, -0.05) is 19.1 Å². The van der Waals surface area contributed by atoms with Crippen LogP contribution < -0.4 is 9.47 Å². The number of ether oxygens (including phenoxy) is 5. The van der Waals surface area contributed by atoms with Crippen molar-refractivity contribution in [3.8, 4) is 22.6 Å². The Kier molecular flexibility index (Phi) is 7.59. The molecule has 2 aromatic rings. The van der Waals surface area contributed by atoms with Crippen molar-refractivity contribution < 1.29 is 28.5 Å². The Morgan fingerprint density at radius 1 is 0.775 bits per heavy atom. The fraction of sp³-hybridized carbons (Fsp3) is 0.618. The molecule has 5 aliphatic rings. The number of rotatable bonds is 10. The molecular weight excluding hydrogens is 504 g/mol. The summed E-state index contributed by atoms with van der Waals surface area (Å²) in [5, 5.41) is 0. The Hall–Kier alpha value is -2.41. The van der Waals surface area contributed by atoms with E-state index in [1.165, 1.54) is 41.5 Å². The number of hydrogen-bond donors (Lipinski definition) is 0. The van der Waals surface area contributed by atoms with Gasteiger partial charge in [-0.25, -0.2) is 0 Å². The second-order valence-electron chi connectivity index (χ2n) is 12.8. The molecule has 2 aromatic carbocycles. The van der Waals surface area contributed by atoms with E-state index in [9.17, 15) is 4.79 Å². The van der Waals surface area contributed by atoms with Crippen molar-refractivity contribution >= 4 is 5.97 Å². The van der Waals surface area contributed by atoms with Crippen molar-refractivity contribution in [1.82, 2.24) is 0 Å². The Morgan fingerprint density at radius 3 is 1.93 bits per heavy atom. The highest BCUT2D eigenvalue weighted by Gasteiger charge is 2.33. The minimum atomic E-state index is -0.0784. The summed E-state index contributed by atoms with van der Waals surface area (Å²) in [7, 11) is 0. The smallest absolute Gasteiger partial charge is 0.314 e. The van der Waals surface area contributed by atoms with E-state index in [2.05, 4.69) is 31.2 Å². The van der Waals surface area contributed by atoms with E-state index in [1.807, 2.05) is 12.1 Å². The topological polar surface area (TPSA) is 69.8 Å². The number of carbonyl (C=O) groups is 1. The van der Waals surface area contributed by atoms with Crippen LogP contribution in [0.15, 0.2) is 36.4 Å². The fourth-order valence-corrected chi connectivity index (χ4v) is 7.33. The molecule has 214 valence electrons. The Labute approximate surface area is 237 Å². The molecule has 6 heteroatoms. The summed E-state index contributed by atoms with van der Waals surface area (Å²) < 4.78 is 28.8. The number of epoxide rings is 2. The Balaban J connectivity index is 0.908. The fourth-order valence-electron chi connectivity index (χ4n) is 7.33. The van der Waals surface area contributed by atoms with Crippen molar-refractivity contribution in [2.45, 2.75) is 95.4 Å². The maximum absolute atomic E-state index is 12.9. The highest BCUT2D eigenvalue weighted by molar-refractivity contribution is 5.81. The van der Waals surface area contributed by atoms with E-state index in [0.29, 0.717) is 30.0 Å².